The maximum absolute atomic E-state index is 12.2. The quantitative estimate of drug-likeness (QED) is 0.320. The molecule has 0 unspecified atom stereocenters. The molecule has 4 rings (SSSR count). The van der Waals surface area contributed by atoms with E-state index in [4.69, 9.17) is 14.2 Å². The zero-order chi connectivity index (χ0) is 22.9. The Bertz CT molecular complexity index is 726. The average molecular weight is 457 g/mol. The molecule has 0 bridgehead atoms. The van der Waals surface area contributed by atoms with Crippen molar-refractivity contribution in [3.63, 3.8) is 0 Å². The van der Waals surface area contributed by atoms with Crippen molar-refractivity contribution >= 4 is 12.1 Å². The first-order valence-corrected chi connectivity index (χ1v) is 13.3. The van der Waals surface area contributed by atoms with Gasteiger partial charge >= 0.3 is 12.1 Å². The van der Waals surface area contributed by atoms with Crippen molar-refractivity contribution in [3.8, 4) is 5.75 Å². The molecule has 5 nitrogen and oxygen atoms in total. The highest BCUT2D eigenvalue weighted by Crippen LogP contribution is 2.38. The van der Waals surface area contributed by atoms with Gasteiger partial charge in [0.1, 0.15) is 18.0 Å². The number of hydrogen-bond donors (Lipinski definition) is 0. The van der Waals surface area contributed by atoms with Crippen LogP contribution in [0.25, 0.3) is 0 Å². The summed E-state index contributed by atoms with van der Waals surface area (Å²) >= 11 is 0. The Morgan fingerprint density at radius 2 is 1.21 bits per heavy atom. The minimum Gasteiger partial charge on any atom is -0.431 e. The van der Waals surface area contributed by atoms with Gasteiger partial charge in [-0.2, -0.15) is 0 Å². The highest BCUT2D eigenvalue weighted by molar-refractivity contribution is 5.72. The lowest BCUT2D eigenvalue weighted by atomic mass is 9.74. The number of para-hydroxylation sites is 1. The fourth-order valence-electron chi connectivity index (χ4n) is 6.01. The van der Waals surface area contributed by atoms with Crippen LogP contribution in [0, 0.1) is 17.8 Å². The van der Waals surface area contributed by atoms with Gasteiger partial charge < -0.3 is 14.2 Å². The molecule has 5 heteroatoms. The van der Waals surface area contributed by atoms with Gasteiger partial charge in [0.2, 0.25) is 0 Å². The van der Waals surface area contributed by atoms with Crippen LogP contribution < -0.4 is 4.74 Å². The topological polar surface area (TPSA) is 61.8 Å². The van der Waals surface area contributed by atoms with E-state index in [1.54, 1.807) is 0 Å². The third-order valence-corrected chi connectivity index (χ3v) is 7.93. The average Bonchev–Trinajstić information content (AvgIpc) is 2.83. The molecule has 182 valence electrons. The largest absolute Gasteiger partial charge is 0.508 e. The van der Waals surface area contributed by atoms with Crippen LogP contribution >= 0.6 is 0 Å². The maximum Gasteiger partial charge on any atom is 0.508 e. The van der Waals surface area contributed by atoms with Gasteiger partial charge in [-0.15, -0.1) is 0 Å². The molecule has 3 aliphatic carbocycles. The number of esters is 1. The lowest BCUT2D eigenvalue weighted by Gasteiger charge is -2.34. The van der Waals surface area contributed by atoms with Crippen LogP contribution in [0.2, 0.25) is 0 Å². The van der Waals surface area contributed by atoms with E-state index in [9.17, 15) is 9.59 Å². The highest BCUT2D eigenvalue weighted by atomic mass is 16.7. The van der Waals surface area contributed by atoms with Gasteiger partial charge in [0.25, 0.3) is 0 Å². The van der Waals surface area contributed by atoms with Crippen molar-refractivity contribution in [2.24, 2.45) is 17.8 Å². The third-order valence-electron chi connectivity index (χ3n) is 7.93. The van der Waals surface area contributed by atoms with Gasteiger partial charge in [-0.05, 0) is 101 Å². The van der Waals surface area contributed by atoms with E-state index in [1.807, 2.05) is 30.3 Å². The first kappa shape index (κ1) is 24.1. The molecule has 1 aromatic rings. The van der Waals surface area contributed by atoms with E-state index in [0.29, 0.717) is 18.1 Å². The molecule has 0 heterocycles. The molecular formula is C28H40O5. The van der Waals surface area contributed by atoms with Crippen molar-refractivity contribution in [2.45, 2.75) is 109 Å². The Morgan fingerprint density at radius 1 is 0.667 bits per heavy atom. The molecule has 0 spiro atoms. The molecule has 3 fully saturated rings. The number of carbonyl (C=O) groups is 2. The predicted molar refractivity (Wildman–Crippen MR) is 127 cm³/mol. The van der Waals surface area contributed by atoms with Crippen molar-refractivity contribution in [1.82, 2.24) is 0 Å². The SMILES string of the molecule is O=C(CC1CCC(CC2CCC(OC(=O)OC3CCCCC3)CC2)CC1)Oc1ccccc1. The molecule has 3 aliphatic rings. The molecular weight excluding hydrogens is 416 g/mol. The lowest BCUT2D eigenvalue weighted by Crippen LogP contribution is -2.29. The monoisotopic (exact) mass is 456 g/mol. The minimum atomic E-state index is -0.450. The van der Waals surface area contributed by atoms with Crippen molar-refractivity contribution in [1.29, 1.82) is 0 Å². The number of ether oxygens (including phenoxy) is 3. The van der Waals surface area contributed by atoms with E-state index in [-0.39, 0.29) is 18.2 Å². The second-order valence-corrected chi connectivity index (χ2v) is 10.5. The second kappa shape index (κ2) is 12.4. The number of benzene rings is 1. The summed E-state index contributed by atoms with van der Waals surface area (Å²) in [6, 6.07) is 9.35. The number of rotatable bonds is 7. The highest BCUT2D eigenvalue weighted by Gasteiger charge is 2.30. The fourth-order valence-corrected chi connectivity index (χ4v) is 6.01. The molecule has 3 saturated carbocycles. The standard InChI is InChI=1S/C28H40O5/c29-27(31-24-7-3-1-4-8-24)20-23-13-11-21(12-14-23)19-22-15-17-26(18-16-22)33-28(30)32-25-9-5-2-6-10-25/h1,3-4,7-8,21-23,25-26H,2,5-6,9-20H2. The van der Waals surface area contributed by atoms with Crippen LogP contribution in [0.4, 0.5) is 4.79 Å². The third kappa shape index (κ3) is 8.04. The van der Waals surface area contributed by atoms with E-state index in [0.717, 1.165) is 76.0 Å². The molecule has 1 aromatic carbocycles. The van der Waals surface area contributed by atoms with Gasteiger partial charge in [-0.3, -0.25) is 4.79 Å². The predicted octanol–water partition coefficient (Wildman–Crippen LogP) is 7.22. The van der Waals surface area contributed by atoms with Gasteiger partial charge in [0.15, 0.2) is 0 Å². The van der Waals surface area contributed by atoms with Gasteiger partial charge in [0.05, 0.1) is 0 Å². The second-order valence-electron chi connectivity index (χ2n) is 10.5. The summed E-state index contributed by atoms with van der Waals surface area (Å²) in [7, 11) is 0. The summed E-state index contributed by atoms with van der Waals surface area (Å²) in [6.45, 7) is 0. The maximum atomic E-state index is 12.2. The molecule has 0 amide bonds. The zero-order valence-electron chi connectivity index (χ0n) is 19.9. The first-order valence-electron chi connectivity index (χ1n) is 13.3. The summed E-state index contributed by atoms with van der Waals surface area (Å²) in [5.41, 5.74) is 0. The molecule has 0 aromatic heterocycles. The Kier molecular flexibility index (Phi) is 9.08. The lowest BCUT2D eigenvalue weighted by molar-refractivity contribution is -0.135. The molecule has 0 atom stereocenters. The van der Waals surface area contributed by atoms with Crippen molar-refractivity contribution < 1.29 is 23.8 Å². The Labute approximate surface area is 198 Å². The van der Waals surface area contributed by atoms with Crippen LogP contribution in [0.1, 0.15) is 96.3 Å². The Balaban J connectivity index is 1.08. The van der Waals surface area contributed by atoms with E-state index >= 15 is 0 Å². The van der Waals surface area contributed by atoms with Gasteiger partial charge in [0, 0.05) is 6.42 Å². The summed E-state index contributed by atoms with van der Waals surface area (Å²) in [5, 5.41) is 0. The first-order chi connectivity index (χ1) is 16.1. The number of carbonyl (C=O) groups excluding carboxylic acids is 2. The number of hydrogen-bond acceptors (Lipinski definition) is 5. The van der Waals surface area contributed by atoms with E-state index in [1.165, 1.54) is 25.7 Å². The van der Waals surface area contributed by atoms with Crippen LogP contribution in [0.3, 0.4) is 0 Å². The smallest absolute Gasteiger partial charge is 0.431 e. The van der Waals surface area contributed by atoms with E-state index < -0.39 is 6.16 Å². The van der Waals surface area contributed by atoms with Crippen LogP contribution in [0.5, 0.6) is 5.75 Å². The Morgan fingerprint density at radius 3 is 1.85 bits per heavy atom. The molecule has 0 N–H and O–H groups in total. The zero-order valence-corrected chi connectivity index (χ0v) is 19.9. The fraction of sp³-hybridized carbons (Fsp3) is 0.714. The van der Waals surface area contributed by atoms with Crippen LogP contribution in [-0.4, -0.2) is 24.3 Å². The summed E-state index contributed by atoms with van der Waals surface area (Å²) in [5.74, 6) is 2.49. The molecule has 33 heavy (non-hydrogen) atoms. The summed E-state index contributed by atoms with van der Waals surface area (Å²) in [6.07, 6.45) is 15.9. The normalized spacial score (nSPS) is 28.6. The Hall–Kier alpha value is -2.04. The van der Waals surface area contributed by atoms with Crippen LogP contribution in [0.15, 0.2) is 30.3 Å². The van der Waals surface area contributed by atoms with Gasteiger partial charge in [-0.1, -0.05) is 37.5 Å². The van der Waals surface area contributed by atoms with E-state index in [2.05, 4.69) is 0 Å². The summed E-state index contributed by atoms with van der Waals surface area (Å²) in [4.78, 5) is 24.3. The molecule has 0 saturated heterocycles. The van der Waals surface area contributed by atoms with Gasteiger partial charge in [-0.25, -0.2) is 4.79 Å². The van der Waals surface area contributed by atoms with Crippen LogP contribution in [-0.2, 0) is 14.3 Å². The summed E-state index contributed by atoms with van der Waals surface area (Å²) < 4.78 is 16.6. The van der Waals surface area contributed by atoms with Crippen molar-refractivity contribution in [3.05, 3.63) is 30.3 Å². The van der Waals surface area contributed by atoms with Crippen molar-refractivity contribution in [2.75, 3.05) is 0 Å². The molecule has 0 aliphatic heterocycles. The minimum absolute atomic E-state index is 0.0312. The molecule has 0 radical (unpaired) electrons.